The molecule has 1 unspecified atom stereocenters. The molecular weight excluding hydrogens is 767 g/mol. The van der Waals surface area contributed by atoms with Gasteiger partial charge in [-0.3, -0.25) is 19.1 Å². The number of nitrogens with zero attached hydrogens (tertiary/aromatic N) is 2. The lowest BCUT2D eigenvalue weighted by atomic mass is 9.96. The van der Waals surface area contributed by atoms with E-state index in [0.29, 0.717) is 60.4 Å². The summed E-state index contributed by atoms with van der Waals surface area (Å²) >= 11 is 0. The average Bonchev–Trinajstić information content (AvgIpc) is 4.01. The molecule has 58 heavy (non-hydrogen) atoms. The molecule has 1 aromatic carbocycles. The minimum absolute atomic E-state index is 0.0174. The van der Waals surface area contributed by atoms with Gasteiger partial charge < -0.3 is 34.5 Å². The molecule has 7 rings (SSSR count). The number of sulfonamides is 1. The number of pyridine rings is 1. The van der Waals surface area contributed by atoms with E-state index in [1.54, 1.807) is 40.9 Å². The maximum Gasteiger partial charge on any atom is 0.408 e. The van der Waals surface area contributed by atoms with Gasteiger partial charge in [-0.15, -0.1) is 0 Å². The third-order valence-electron chi connectivity index (χ3n) is 12.1. The molecule has 2 aliphatic heterocycles. The Morgan fingerprint density at radius 2 is 1.76 bits per heavy atom. The van der Waals surface area contributed by atoms with Gasteiger partial charge in [-0.1, -0.05) is 25.0 Å². The summed E-state index contributed by atoms with van der Waals surface area (Å²) in [5, 5.41) is 6.38. The molecule has 3 N–H and O–H groups in total. The summed E-state index contributed by atoms with van der Waals surface area (Å²) in [7, 11) is -2.41. The number of amides is 4. The number of rotatable bonds is 9. The Morgan fingerprint density at radius 1 is 1.00 bits per heavy atom. The van der Waals surface area contributed by atoms with Crippen LogP contribution in [0.2, 0.25) is 0 Å². The third-order valence-corrected chi connectivity index (χ3v) is 14.3. The van der Waals surface area contributed by atoms with Gasteiger partial charge in [-0.2, -0.15) is 0 Å². The van der Waals surface area contributed by atoms with Crippen LogP contribution in [0, 0.1) is 12.8 Å². The molecule has 3 heterocycles. The van der Waals surface area contributed by atoms with Crippen molar-refractivity contribution in [1.82, 2.24) is 25.2 Å². The van der Waals surface area contributed by atoms with Gasteiger partial charge >= 0.3 is 6.09 Å². The number of carbonyl (C=O) groups excluding carboxylic acids is 4. The second kappa shape index (κ2) is 15.9. The highest BCUT2D eigenvalue weighted by molar-refractivity contribution is 7.91. The van der Waals surface area contributed by atoms with Crippen LogP contribution in [0.15, 0.2) is 30.4 Å². The van der Waals surface area contributed by atoms with Crippen molar-refractivity contribution in [1.29, 1.82) is 0 Å². The molecule has 15 nitrogen and oxygen atoms in total. The molecule has 0 spiro atoms. The number of carbonyl (C=O) groups is 4. The van der Waals surface area contributed by atoms with Crippen molar-refractivity contribution in [2.75, 3.05) is 13.7 Å². The number of hydrogen-bond acceptors (Lipinski definition) is 11. The van der Waals surface area contributed by atoms with E-state index in [9.17, 15) is 27.6 Å². The van der Waals surface area contributed by atoms with Crippen LogP contribution in [0.1, 0.15) is 110 Å². The summed E-state index contributed by atoms with van der Waals surface area (Å²) in [6, 6.07) is 3.27. The fraction of sp³-hybridized carbons (Fsp3) is 0.643. The third kappa shape index (κ3) is 8.71. The van der Waals surface area contributed by atoms with Crippen LogP contribution < -0.4 is 29.6 Å². The molecule has 5 aliphatic rings. The molecule has 3 aliphatic carbocycles. The van der Waals surface area contributed by atoms with E-state index in [2.05, 4.69) is 15.4 Å². The Hall–Kier alpha value is -4.60. The Morgan fingerprint density at radius 3 is 2.43 bits per heavy atom. The van der Waals surface area contributed by atoms with E-state index in [4.69, 9.17) is 23.9 Å². The van der Waals surface area contributed by atoms with E-state index < -0.39 is 73.8 Å². The molecular formula is C42H57N5O10S. The first-order valence-electron chi connectivity index (χ1n) is 20.6. The van der Waals surface area contributed by atoms with Gasteiger partial charge in [-0.25, -0.2) is 18.2 Å². The molecule has 16 heteroatoms. The van der Waals surface area contributed by atoms with Crippen molar-refractivity contribution in [3.63, 3.8) is 0 Å². The number of hydrogen-bond donors (Lipinski definition) is 3. The van der Waals surface area contributed by atoms with Crippen molar-refractivity contribution in [3.05, 3.63) is 35.9 Å². The van der Waals surface area contributed by atoms with E-state index in [1.807, 2.05) is 31.2 Å². The Balaban J connectivity index is 1.22. The summed E-state index contributed by atoms with van der Waals surface area (Å²) in [6.45, 7) is 8.68. The van der Waals surface area contributed by atoms with Gasteiger partial charge in [0.05, 0.1) is 23.9 Å². The lowest BCUT2D eigenvalue weighted by Crippen LogP contribution is -2.58. The molecule has 0 bridgehead atoms. The first-order chi connectivity index (χ1) is 27.4. The molecule has 0 radical (unpaired) electrons. The monoisotopic (exact) mass is 823 g/mol. The standard InChI is InChI=1S/C42H57N5O10S/c1-25-32(54-6)18-17-29-33(22-34(44-35(25)29)56-27-14-12-15-27)55-28-21-31-36(48)45-42(38(50)46-58(52,53)41(5)19-20-41)23-26(42)13-10-8-7-9-11-16-30(37(49)47(31)24-28)43-39(51)57-40(2,3)4/h10,13,17-18,22,26-28,30-31H,7-9,11-12,14-16,19-21,23-24H2,1-6H3,(H,43,51)(H,45,48)(H,46,50)/b13-10-/t26?,28-,30+,31+,42-/m1/s1. The van der Waals surface area contributed by atoms with E-state index in [1.165, 1.54) is 4.90 Å². The second-order valence-electron chi connectivity index (χ2n) is 17.8. The largest absolute Gasteiger partial charge is 0.496 e. The fourth-order valence-electron chi connectivity index (χ4n) is 7.97. The first-order valence-corrected chi connectivity index (χ1v) is 22.1. The van der Waals surface area contributed by atoms with Crippen LogP contribution in [0.25, 0.3) is 10.9 Å². The molecule has 2 aromatic rings. The average molecular weight is 824 g/mol. The molecule has 1 saturated heterocycles. The zero-order valence-electron chi connectivity index (χ0n) is 34.4. The van der Waals surface area contributed by atoms with Gasteiger partial charge in [0, 0.05) is 29.4 Å². The summed E-state index contributed by atoms with van der Waals surface area (Å²) in [4.78, 5) is 62.5. The van der Waals surface area contributed by atoms with Crippen molar-refractivity contribution >= 4 is 44.7 Å². The molecule has 4 amide bonds. The molecule has 4 fully saturated rings. The molecule has 5 atom stereocenters. The van der Waals surface area contributed by atoms with E-state index in [-0.39, 0.29) is 25.5 Å². The van der Waals surface area contributed by atoms with Gasteiger partial charge in [0.25, 0.3) is 5.91 Å². The molecule has 1 aromatic heterocycles. The predicted octanol–water partition coefficient (Wildman–Crippen LogP) is 5.12. The number of aromatic nitrogens is 1. The number of benzene rings is 1. The van der Waals surface area contributed by atoms with Crippen LogP contribution in [0.3, 0.4) is 0 Å². The van der Waals surface area contributed by atoms with Crippen LogP contribution in [-0.2, 0) is 29.1 Å². The second-order valence-corrected chi connectivity index (χ2v) is 20.0. The summed E-state index contributed by atoms with van der Waals surface area (Å²) in [5.41, 5.74) is -0.918. The quantitative estimate of drug-likeness (QED) is 0.285. The summed E-state index contributed by atoms with van der Waals surface area (Å²) in [6.07, 6.45) is 9.59. The highest BCUT2D eigenvalue weighted by Gasteiger charge is 2.63. The summed E-state index contributed by atoms with van der Waals surface area (Å²) in [5.74, 6) is -0.863. The van der Waals surface area contributed by atoms with Crippen LogP contribution >= 0.6 is 0 Å². The highest BCUT2D eigenvalue weighted by Crippen LogP contribution is 2.48. The van der Waals surface area contributed by atoms with Crippen molar-refractivity contribution in [2.24, 2.45) is 5.92 Å². The Labute approximate surface area is 340 Å². The number of alkyl carbamates (subject to hydrolysis) is 1. The topological polar surface area (TPSA) is 192 Å². The van der Waals surface area contributed by atoms with Crippen LogP contribution in [0.5, 0.6) is 17.4 Å². The van der Waals surface area contributed by atoms with Crippen molar-refractivity contribution < 1.29 is 46.5 Å². The maximum atomic E-state index is 14.7. The summed E-state index contributed by atoms with van der Waals surface area (Å²) < 4.78 is 51.7. The zero-order chi connectivity index (χ0) is 41.6. The normalized spacial score (nSPS) is 28.0. The maximum absolute atomic E-state index is 14.7. The van der Waals surface area contributed by atoms with Gasteiger partial charge in [0.1, 0.15) is 46.9 Å². The zero-order valence-corrected chi connectivity index (χ0v) is 35.2. The number of ether oxygens (including phenoxy) is 4. The highest BCUT2D eigenvalue weighted by atomic mass is 32.2. The minimum atomic E-state index is -4.00. The smallest absolute Gasteiger partial charge is 0.408 e. The Bertz CT molecular complexity index is 2090. The lowest BCUT2D eigenvalue weighted by molar-refractivity contribution is -0.141. The van der Waals surface area contributed by atoms with Gasteiger partial charge in [0.15, 0.2) is 0 Å². The first kappa shape index (κ1) is 41.6. The SMILES string of the molecule is COc1ccc2c(O[C@@H]3C[C@H]4C(=O)N[C@]5(C(=O)NS(=O)(=O)C6(C)CC6)CC5/C=C\CCCCC[C@H](NC(=O)OC(C)(C)C)C(=O)N4C3)cc(OC3CCC3)nc2c1C. The number of aryl methyl sites for hydroxylation is 1. The van der Waals surface area contributed by atoms with Crippen molar-refractivity contribution in [3.8, 4) is 17.4 Å². The van der Waals surface area contributed by atoms with E-state index >= 15 is 0 Å². The lowest BCUT2D eigenvalue weighted by Gasteiger charge is -2.30. The van der Waals surface area contributed by atoms with Crippen molar-refractivity contribution in [2.45, 2.75) is 152 Å². The molecule has 316 valence electrons. The minimum Gasteiger partial charge on any atom is -0.496 e. The van der Waals surface area contributed by atoms with Gasteiger partial charge in [-0.05, 0) is 105 Å². The fourth-order valence-corrected chi connectivity index (χ4v) is 9.28. The predicted molar refractivity (Wildman–Crippen MR) is 215 cm³/mol. The number of nitrogens with one attached hydrogen (secondary N) is 3. The number of fused-ring (bicyclic) bond motifs is 3. The van der Waals surface area contributed by atoms with E-state index in [0.717, 1.165) is 37.7 Å². The number of allylic oxidation sites excluding steroid dienone is 1. The molecule has 3 saturated carbocycles. The Kier molecular flexibility index (Phi) is 11.4. The number of methoxy groups -OCH3 is 1. The van der Waals surface area contributed by atoms with Crippen LogP contribution in [0.4, 0.5) is 4.79 Å². The van der Waals surface area contributed by atoms with Crippen LogP contribution in [-0.4, -0.2) is 95.9 Å². The van der Waals surface area contributed by atoms with Gasteiger partial charge in [0.2, 0.25) is 27.7 Å².